The molecule has 1 aromatic carbocycles. The van der Waals surface area contributed by atoms with Crippen molar-refractivity contribution in [2.24, 2.45) is 0 Å². The molecule has 0 spiro atoms. The van der Waals surface area contributed by atoms with E-state index in [9.17, 15) is 9.18 Å². The molecule has 0 atom stereocenters. The molecule has 0 N–H and O–H groups in total. The van der Waals surface area contributed by atoms with Gasteiger partial charge in [-0.3, -0.25) is 9.69 Å². The number of aromatic nitrogens is 3. The van der Waals surface area contributed by atoms with Gasteiger partial charge in [0.25, 0.3) is 5.56 Å². The Kier molecular flexibility index (Phi) is 5.20. The van der Waals surface area contributed by atoms with Crippen LogP contribution in [0.2, 0.25) is 0 Å². The molecular weight excluding hydrogens is 351 g/mol. The molecule has 0 aliphatic carbocycles. The van der Waals surface area contributed by atoms with Gasteiger partial charge in [0.05, 0.1) is 5.69 Å². The number of nitrogens with zero attached hydrogens (tertiary/aromatic N) is 4. The Balaban J connectivity index is 1.84. The first-order valence-corrected chi connectivity index (χ1v) is 9.45. The van der Waals surface area contributed by atoms with Gasteiger partial charge in [-0.05, 0) is 24.2 Å². The zero-order valence-electron chi connectivity index (χ0n) is 15.5. The summed E-state index contributed by atoms with van der Waals surface area (Å²) >= 11 is 1.45. The van der Waals surface area contributed by atoms with Gasteiger partial charge in [0, 0.05) is 24.6 Å². The lowest BCUT2D eigenvalue weighted by atomic mass is 9.98. The summed E-state index contributed by atoms with van der Waals surface area (Å²) < 4.78 is 14.4. The van der Waals surface area contributed by atoms with Gasteiger partial charge in [0.2, 0.25) is 4.96 Å². The number of hydrogen-bond donors (Lipinski definition) is 0. The van der Waals surface area contributed by atoms with Crippen LogP contribution in [0.4, 0.5) is 4.39 Å². The van der Waals surface area contributed by atoms with Crippen molar-refractivity contribution in [1.29, 1.82) is 0 Å². The van der Waals surface area contributed by atoms with Gasteiger partial charge >= 0.3 is 0 Å². The van der Waals surface area contributed by atoms with Crippen molar-refractivity contribution in [3.8, 4) is 0 Å². The Labute approximate surface area is 156 Å². The first-order valence-electron chi connectivity index (χ1n) is 8.63. The average molecular weight is 374 g/mol. The lowest BCUT2D eigenvalue weighted by molar-refractivity contribution is 0.268. The van der Waals surface area contributed by atoms with E-state index in [1.165, 1.54) is 28.0 Å². The van der Waals surface area contributed by atoms with Gasteiger partial charge in [0.15, 0.2) is 0 Å². The first kappa shape index (κ1) is 18.7. The first-order chi connectivity index (χ1) is 12.3. The van der Waals surface area contributed by atoms with Crippen LogP contribution in [-0.2, 0) is 18.5 Å². The number of benzene rings is 1. The molecule has 26 heavy (non-hydrogen) atoms. The Morgan fingerprint density at radius 1 is 1.19 bits per heavy atom. The molecular formula is C19H23FN4OS. The van der Waals surface area contributed by atoms with Crippen LogP contribution in [0.5, 0.6) is 0 Å². The molecule has 5 nitrogen and oxygen atoms in total. The fraction of sp³-hybridized carbons (Fsp3) is 0.421. The maximum absolute atomic E-state index is 13.1. The molecule has 7 heteroatoms. The Morgan fingerprint density at radius 2 is 1.88 bits per heavy atom. The largest absolute Gasteiger partial charge is 0.294 e. The third-order valence-corrected chi connectivity index (χ3v) is 5.43. The third kappa shape index (κ3) is 4.16. The molecule has 0 amide bonds. The second-order valence-corrected chi connectivity index (χ2v) is 8.32. The summed E-state index contributed by atoms with van der Waals surface area (Å²) in [5, 5.41) is 5.30. The van der Waals surface area contributed by atoms with Crippen LogP contribution >= 0.6 is 11.3 Å². The van der Waals surface area contributed by atoms with Crippen molar-refractivity contribution in [3.05, 3.63) is 62.8 Å². The zero-order chi connectivity index (χ0) is 18.9. The molecule has 3 rings (SSSR count). The quantitative estimate of drug-likeness (QED) is 0.685. The highest BCUT2D eigenvalue weighted by Crippen LogP contribution is 2.26. The van der Waals surface area contributed by atoms with Crippen molar-refractivity contribution in [1.82, 2.24) is 19.5 Å². The highest BCUT2D eigenvalue weighted by Gasteiger charge is 2.20. The molecule has 2 heterocycles. The van der Waals surface area contributed by atoms with E-state index in [1.54, 1.807) is 18.2 Å². The highest BCUT2D eigenvalue weighted by molar-refractivity contribution is 7.16. The third-order valence-electron chi connectivity index (χ3n) is 4.09. The van der Waals surface area contributed by atoms with Gasteiger partial charge in [-0.1, -0.05) is 51.2 Å². The number of fused-ring (bicyclic) bond motifs is 1. The minimum Gasteiger partial charge on any atom is -0.294 e. The zero-order valence-corrected chi connectivity index (χ0v) is 16.3. The molecule has 138 valence electrons. The second kappa shape index (κ2) is 7.25. The van der Waals surface area contributed by atoms with Gasteiger partial charge < -0.3 is 0 Å². The molecule has 0 radical (unpaired) electrons. The SMILES string of the molecule is CCN(Cc1ccc(F)cc1)Cc1cc(=O)n2nc(C(C)(C)C)sc2n1. The smallest absolute Gasteiger partial charge is 0.275 e. The van der Waals surface area contributed by atoms with Crippen molar-refractivity contribution in [2.45, 2.75) is 46.2 Å². The summed E-state index contributed by atoms with van der Waals surface area (Å²) in [6.45, 7) is 10.3. The van der Waals surface area contributed by atoms with Crippen LogP contribution < -0.4 is 5.56 Å². The van der Waals surface area contributed by atoms with Crippen molar-refractivity contribution in [2.75, 3.05) is 6.54 Å². The molecule has 0 aliphatic rings. The van der Waals surface area contributed by atoms with Crippen molar-refractivity contribution >= 4 is 16.3 Å². The molecule has 0 unspecified atom stereocenters. The van der Waals surface area contributed by atoms with Crippen molar-refractivity contribution < 1.29 is 4.39 Å². The van der Waals surface area contributed by atoms with Gasteiger partial charge in [-0.2, -0.15) is 9.61 Å². The molecule has 2 aromatic heterocycles. The second-order valence-electron chi connectivity index (χ2n) is 7.37. The predicted molar refractivity (Wildman–Crippen MR) is 102 cm³/mol. The summed E-state index contributed by atoms with van der Waals surface area (Å²) in [7, 11) is 0. The summed E-state index contributed by atoms with van der Waals surface area (Å²) in [6, 6.07) is 8.04. The maximum atomic E-state index is 13.1. The Hall–Kier alpha value is -2.12. The summed E-state index contributed by atoms with van der Waals surface area (Å²) in [5.41, 5.74) is 1.47. The van der Waals surface area contributed by atoms with Crippen LogP contribution in [0.3, 0.4) is 0 Å². The van der Waals surface area contributed by atoms with Crippen molar-refractivity contribution in [3.63, 3.8) is 0 Å². The van der Waals surface area contributed by atoms with Crippen LogP contribution in [0.25, 0.3) is 4.96 Å². The normalized spacial score (nSPS) is 12.2. The summed E-state index contributed by atoms with van der Waals surface area (Å²) in [6.07, 6.45) is 0. The Bertz CT molecular complexity index is 956. The maximum Gasteiger partial charge on any atom is 0.275 e. The van der Waals surface area contributed by atoms with E-state index >= 15 is 0 Å². The Morgan fingerprint density at radius 3 is 2.50 bits per heavy atom. The fourth-order valence-corrected chi connectivity index (χ4v) is 3.58. The van der Waals surface area contributed by atoms with Crippen LogP contribution in [0, 0.1) is 5.82 Å². The molecule has 3 aromatic rings. The van der Waals surface area contributed by atoms with Gasteiger partial charge in [-0.25, -0.2) is 9.37 Å². The van der Waals surface area contributed by atoms with E-state index in [-0.39, 0.29) is 16.8 Å². The van der Waals surface area contributed by atoms with E-state index < -0.39 is 0 Å². The average Bonchev–Trinajstić information content (AvgIpc) is 3.01. The fourth-order valence-electron chi connectivity index (χ4n) is 2.60. The number of halogens is 1. The molecule has 0 fully saturated rings. The molecule has 0 bridgehead atoms. The molecule has 0 aliphatic heterocycles. The number of hydrogen-bond acceptors (Lipinski definition) is 5. The predicted octanol–water partition coefficient (Wildman–Crippen LogP) is 3.61. The van der Waals surface area contributed by atoms with E-state index in [1.807, 2.05) is 0 Å². The molecule has 0 saturated heterocycles. The van der Waals surface area contributed by atoms with Gasteiger partial charge in [0.1, 0.15) is 10.8 Å². The minimum absolute atomic E-state index is 0.122. The van der Waals surface area contributed by atoms with Crippen LogP contribution in [0.15, 0.2) is 35.1 Å². The lowest BCUT2D eigenvalue weighted by Gasteiger charge is -2.19. The van der Waals surface area contributed by atoms with Gasteiger partial charge in [-0.15, -0.1) is 0 Å². The lowest BCUT2D eigenvalue weighted by Crippen LogP contribution is -2.25. The standard InChI is InChI=1S/C19H23FN4OS/c1-5-23(11-13-6-8-14(20)9-7-13)12-15-10-16(25)24-18(21-15)26-17(22-24)19(2,3)4/h6-10H,5,11-12H2,1-4H3. The van der Waals surface area contributed by atoms with Crippen LogP contribution in [0.1, 0.15) is 44.0 Å². The van der Waals surface area contributed by atoms with Crippen LogP contribution in [-0.4, -0.2) is 26.0 Å². The van der Waals surface area contributed by atoms with E-state index in [4.69, 9.17) is 0 Å². The highest BCUT2D eigenvalue weighted by atomic mass is 32.1. The number of rotatable bonds is 5. The summed E-state index contributed by atoms with van der Waals surface area (Å²) in [5.74, 6) is -0.239. The minimum atomic E-state index is -0.239. The molecule has 0 saturated carbocycles. The van der Waals surface area contributed by atoms with E-state index in [0.29, 0.717) is 18.1 Å². The topological polar surface area (TPSA) is 50.5 Å². The van der Waals surface area contributed by atoms with E-state index in [0.717, 1.165) is 22.8 Å². The summed E-state index contributed by atoms with van der Waals surface area (Å²) in [4.78, 5) is 19.8. The monoisotopic (exact) mass is 374 g/mol. The van der Waals surface area contributed by atoms with E-state index in [2.05, 4.69) is 42.7 Å².